The van der Waals surface area contributed by atoms with Gasteiger partial charge in [0.2, 0.25) is 5.89 Å². The van der Waals surface area contributed by atoms with E-state index in [0.29, 0.717) is 0 Å². The predicted octanol–water partition coefficient (Wildman–Crippen LogP) is 1.63. The van der Waals surface area contributed by atoms with Gasteiger partial charge in [0.05, 0.1) is 0 Å². The Hall–Kier alpha value is -1.11. The maximum atomic E-state index is 12.1. The summed E-state index contributed by atoms with van der Waals surface area (Å²) in [7, 11) is 0. The molecule has 0 bridgehead atoms. The van der Waals surface area contributed by atoms with Crippen LogP contribution in [0.1, 0.15) is 25.6 Å². The summed E-state index contributed by atoms with van der Waals surface area (Å²) >= 11 is 0. The Balaban J connectivity index is 2.61. The van der Waals surface area contributed by atoms with Crippen LogP contribution in [0.25, 0.3) is 0 Å². The maximum Gasteiger partial charge on any atom is 0.455 e. The number of rotatable bonds is 4. The Kier molecular flexibility index (Phi) is 3.67. The summed E-state index contributed by atoms with van der Waals surface area (Å²) in [6.45, 7) is 4.48. The minimum atomic E-state index is -4.54. The second kappa shape index (κ2) is 4.61. The predicted molar refractivity (Wildman–Crippen MR) is 46.1 cm³/mol. The molecule has 1 heterocycles. The van der Waals surface area contributed by atoms with E-state index in [0.717, 1.165) is 6.54 Å². The highest BCUT2D eigenvalue weighted by Gasteiger charge is 2.37. The number of aromatic nitrogens is 2. The highest BCUT2D eigenvalue weighted by molar-refractivity contribution is 4.92. The third-order valence-corrected chi connectivity index (χ3v) is 1.76. The lowest BCUT2D eigenvalue weighted by atomic mass is 10.2. The number of halogens is 3. The van der Waals surface area contributed by atoms with Crippen molar-refractivity contribution in [2.45, 2.75) is 32.5 Å². The zero-order valence-corrected chi connectivity index (χ0v) is 8.43. The SMILES string of the molecule is CCN[C@H](C)Cc1nc(C(F)(F)F)no1. The summed E-state index contributed by atoms with van der Waals surface area (Å²) in [5.41, 5.74) is 0. The lowest BCUT2D eigenvalue weighted by Gasteiger charge is -2.07. The Labute approximate surface area is 84.9 Å². The van der Waals surface area contributed by atoms with E-state index in [-0.39, 0.29) is 18.4 Å². The molecule has 0 aliphatic carbocycles. The summed E-state index contributed by atoms with van der Waals surface area (Å²) in [4.78, 5) is 3.26. The van der Waals surface area contributed by atoms with Gasteiger partial charge in [-0.15, -0.1) is 0 Å². The van der Waals surface area contributed by atoms with Crippen molar-refractivity contribution >= 4 is 0 Å². The molecule has 0 saturated carbocycles. The molecule has 1 rings (SSSR count). The van der Waals surface area contributed by atoms with E-state index in [1.807, 2.05) is 13.8 Å². The quantitative estimate of drug-likeness (QED) is 0.842. The molecule has 0 radical (unpaired) electrons. The zero-order valence-electron chi connectivity index (χ0n) is 8.43. The Bertz CT molecular complexity index is 310. The van der Waals surface area contributed by atoms with Gasteiger partial charge in [0.15, 0.2) is 0 Å². The van der Waals surface area contributed by atoms with E-state index >= 15 is 0 Å². The molecule has 0 fully saturated rings. The van der Waals surface area contributed by atoms with Gasteiger partial charge in [-0.2, -0.15) is 18.2 Å². The number of nitrogens with one attached hydrogen (secondary N) is 1. The molecule has 1 aromatic heterocycles. The number of hydrogen-bond acceptors (Lipinski definition) is 4. The minimum absolute atomic E-state index is 0.00391. The Morgan fingerprint density at radius 2 is 2.13 bits per heavy atom. The maximum absolute atomic E-state index is 12.1. The number of alkyl halides is 3. The first-order valence-corrected chi connectivity index (χ1v) is 4.56. The topological polar surface area (TPSA) is 51.0 Å². The number of hydrogen-bond donors (Lipinski definition) is 1. The third-order valence-electron chi connectivity index (χ3n) is 1.76. The standard InChI is InChI=1S/C8H12F3N3O/c1-3-12-5(2)4-6-13-7(14-15-6)8(9,10)11/h5,12H,3-4H2,1-2H3/t5-/m1/s1. The molecule has 0 aliphatic rings. The van der Waals surface area contributed by atoms with Gasteiger partial charge in [-0.25, -0.2) is 0 Å². The van der Waals surface area contributed by atoms with Crippen molar-refractivity contribution in [1.29, 1.82) is 0 Å². The van der Waals surface area contributed by atoms with Crippen LogP contribution >= 0.6 is 0 Å². The van der Waals surface area contributed by atoms with Gasteiger partial charge in [0, 0.05) is 12.5 Å². The first-order valence-electron chi connectivity index (χ1n) is 4.56. The highest BCUT2D eigenvalue weighted by atomic mass is 19.4. The molecule has 0 spiro atoms. The molecule has 0 aromatic carbocycles. The van der Waals surface area contributed by atoms with Gasteiger partial charge in [-0.3, -0.25) is 0 Å². The fourth-order valence-corrected chi connectivity index (χ4v) is 1.14. The average molecular weight is 223 g/mol. The third kappa shape index (κ3) is 3.50. The van der Waals surface area contributed by atoms with Gasteiger partial charge in [0.1, 0.15) is 0 Å². The Morgan fingerprint density at radius 1 is 1.47 bits per heavy atom. The molecule has 0 unspecified atom stereocenters. The molecule has 1 atom stereocenters. The molecule has 7 heteroatoms. The van der Waals surface area contributed by atoms with Crippen LogP contribution in [-0.2, 0) is 12.6 Å². The number of nitrogens with zero attached hydrogens (tertiary/aromatic N) is 2. The summed E-state index contributed by atoms with van der Waals surface area (Å²) in [5.74, 6) is -1.23. The van der Waals surface area contributed by atoms with Crippen LogP contribution in [-0.4, -0.2) is 22.7 Å². The van der Waals surface area contributed by atoms with Crippen LogP contribution in [0, 0.1) is 0 Å². The second-order valence-corrected chi connectivity index (χ2v) is 3.17. The van der Waals surface area contributed by atoms with E-state index < -0.39 is 12.0 Å². The molecule has 86 valence electrons. The van der Waals surface area contributed by atoms with E-state index in [9.17, 15) is 13.2 Å². The highest BCUT2D eigenvalue weighted by Crippen LogP contribution is 2.26. The van der Waals surface area contributed by atoms with Gasteiger partial charge in [-0.1, -0.05) is 12.1 Å². The first-order chi connectivity index (χ1) is 6.93. The summed E-state index contributed by atoms with van der Waals surface area (Å²) in [6, 6.07) is 0.0107. The lowest BCUT2D eigenvalue weighted by molar-refractivity contribution is -0.146. The summed E-state index contributed by atoms with van der Waals surface area (Å²) in [6.07, 6.45) is -4.25. The molecule has 0 aliphatic heterocycles. The lowest BCUT2D eigenvalue weighted by Crippen LogP contribution is -2.27. The van der Waals surface area contributed by atoms with E-state index in [4.69, 9.17) is 0 Å². The van der Waals surface area contributed by atoms with Crippen molar-refractivity contribution in [2.75, 3.05) is 6.54 Å². The molecule has 1 aromatic rings. The normalized spacial score (nSPS) is 14.2. The zero-order chi connectivity index (χ0) is 11.5. The monoisotopic (exact) mass is 223 g/mol. The van der Waals surface area contributed by atoms with Crippen LogP contribution in [0.2, 0.25) is 0 Å². The van der Waals surface area contributed by atoms with Gasteiger partial charge in [0.25, 0.3) is 5.82 Å². The minimum Gasteiger partial charge on any atom is -0.339 e. The van der Waals surface area contributed by atoms with Gasteiger partial charge in [-0.05, 0) is 13.5 Å². The molecule has 15 heavy (non-hydrogen) atoms. The van der Waals surface area contributed by atoms with Crippen molar-refractivity contribution in [1.82, 2.24) is 15.5 Å². The van der Waals surface area contributed by atoms with Crippen molar-refractivity contribution in [3.8, 4) is 0 Å². The van der Waals surface area contributed by atoms with Crippen molar-refractivity contribution in [3.63, 3.8) is 0 Å². The molecule has 0 amide bonds. The second-order valence-electron chi connectivity index (χ2n) is 3.17. The Morgan fingerprint density at radius 3 is 2.60 bits per heavy atom. The van der Waals surface area contributed by atoms with E-state index in [1.165, 1.54) is 0 Å². The summed E-state index contributed by atoms with van der Waals surface area (Å²) in [5, 5.41) is 5.89. The molecular formula is C8H12F3N3O. The molecule has 4 nitrogen and oxygen atoms in total. The van der Waals surface area contributed by atoms with Crippen LogP contribution in [0.3, 0.4) is 0 Å². The summed E-state index contributed by atoms with van der Waals surface area (Å²) < 4.78 is 40.7. The fraction of sp³-hybridized carbons (Fsp3) is 0.750. The fourth-order valence-electron chi connectivity index (χ4n) is 1.14. The first kappa shape index (κ1) is 12.0. The van der Waals surface area contributed by atoms with Crippen LogP contribution in [0.15, 0.2) is 4.52 Å². The van der Waals surface area contributed by atoms with Crippen LogP contribution < -0.4 is 5.32 Å². The van der Waals surface area contributed by atoms with Crippen molar-refractivity contribution in [3.05, 3.63) is 11.7 Å². The molecular weight excluding hydrogens is 211 g/mol. The van der Waals surface area contributed by atoms with E-state index in [1.54, 1.807) is 0 Å². The smallest absolute Gasteiger partial charge is 0.339 e. The van der Waals surface area contributed by atoms with Gasteiger partial charge >= 0.3 is 6.18 Å². The molecule has 0 saturated heterocycles. The van der Waals surface area contributed by atoms with Gasteiger partial charge < -0.3 is 9.84 Å². The van der Waals surface area contributed by atoms with Crippen molar-refractivity contribution < 1.29 is 17.7 Å². The number of likely N-dealkylation sites (N-methyl/N-ethyl adjacent to an activating group) is 1. The van der Waals surface area contributed by atoms with Crippen LogP contribution in [0.4, 0.5) is 13.2 Å². The molecule has 1 N–H and O–H groups in total. The van der Waals surface area contributed by atoms with Crippen LogP contribution in [0.5, 0.6) is 0 Å². The largest absolute Gasteiger partial charge is 0.455 e. The average Bonchev–Trinajstić information content (AvgIpc) is 2.52. The van der Waals surface area contributed by atoms with Crippen molar-refractivity contribution in [2.24, 2.45) is 0 Å². The van der Waals surface area contributed by atoms with E-state index in [2.05, 4.69) is 20.0 Å².